The molecular formula is C18H22Cl2N2O2. The Labute approximate surface area is 153 Å². The summed E-state index contributed by atoms with van der Waals surface area (Å²) in [6.45, 7) is 0.556. The third kappa shape index (κ3) is 4.99. The molecule has 1 heterocycles. The first-order chi connectivity index (χ1) is 11.2. The Morgan fingerprint density at radius 2 is 1.96 bits per heavy atom. The topological polar surface area (TPSA) is 44.1 Å². The Bertz CT molecular complexity index is 623. The number of hydrogen-bond acceptors (Lipinski definition) is 3. The molecule has 1 saturated carbocycles. The quantitative estimate of drug-likeness (QED) is 0.710. The average molecular weight is 369 g/mol. The van der Waals surface area contributed by atoms with Gasteiger partial charge in [-0.25, -0.2) is 4.98 Å². The van der Waals surface area contributed by atoms with Gasteiger partial charge < -0.3 is 9.30 Å². The van der Waals surface area contributed by atoms with Crippen molar-refractivity contribution in [2.75, 3.05) is 0 Å². The Morgan fingerprint density at radius 1 is 1.25 bits per heavy atom. The van der Waals surface area contributed by atoms with Crippen LogP contribution in [-0.4, -0.2) is 15.5 Å². The van der Waals surface area contributed by atoms with E-state index in [0.717, 1.165) is 31.2 Å². The van der Waals surface area contributed by atoms with Crippen LogP contribution in [0.2, 0.25) is 5.02 Å². The van der Waals surface area contributed by atoms with E-state index in [-0.39, 0.29) is 30.4 Å². The molecule has 0 saturated heterocycles. The van der Waals surface area contributed by atoms with Crippen LogP contribution < -0.4 is 0 Å². The van der Waals surface area contributed by atoms with E-state index in [2.05, 4.69) is 4.98 Å². The minimum absolute atomic E-state index is 0. The zero-order valence-electron chi connectivity index (χ0n) is 13.4. The van der Waals surface area contributed by atoms with Crippen molar-refractivity contribution < 1.29 is 9.53 Å². The summed E-state index contributed by atoms with van der Waals surface area (Å²) in [6, 6.07) is 7.48. The molecule has 1 aliphatic rings. The Balaban J connectivity index is 0.00000208. The number of aromatic nitrogens is 2. The summed E-state index contributed by atoms with van der Waals surface area (Å²) < 4.78 is 7.78. The van der Waals surface area contributed by atoms with Crippen molar-refractivity contribution in [3.8, 4) is 0 Å². The second-order valence-corrected chi connectivity index (χ2v) is 6.51. The SMILES string of the molecule is Cl.O=C(OC(Cn1ccnc1)c1ccc(Cl)cc1)C1CCCCC1. The first kappa shape index (κ1) is 18.8. The summed E-state index contributed by atoms with van der Waals surface area (Å²) in [5.41, 5.74) is 0.951. The molecule has 2 aromatic rings. The minimum atomic E-state index is -0.323. The van der Waals surface area contributed by atoms with Crippen molar-refractivity contribution in [3.05, 3.63) is 53.6 Å². The summed E-state index contributed by atoms with van der Waals surface area (Å²) in [7, 11) is 0. The lowest BCUT2D eigenvalue weighted by Crippen LogP contribution is -2.24. The van der Waals surface area contributed by atoms with Crippen molar-refractivity contribution in [2.45, 2.75) is 44.8 Å². The van der Waals surface area contributed by atoms with Gasteiger partial charge in [-0.05, 0) is 30.5 Å². The van der Waals surface area contributed by atoms with Crippen LogP contribution in [0.5, 0.6) is 0 Å². The Kier molecular flexibility index (Phi) is 7.13. The van der Waals surface area contributed by atoms with Gasteiger partial charge in [-0.2, -0.15) is 0 Å². The van der Waals surface area contributed by atoms with E-state index >= 15 is 0 Å². The van der Waals surface area contributed by atoms with Crippen molar-refractivity contribution >= 4 is 30.0 Å². The van der Waals surface area contributed by atoms with Crippen LogP contribution in [-0.2, 0) is 16.1 Å². The molecule has 0 radical (unpaired) electrons. The zero-order valence-corrected chi connectivity index (χ0v) is 15.0. The predicted octanol–water partition coefficient (Wildman–Crippen LogP) is 4.82. The largest absolute Gasteiger partial charge is 0.455 e. The fourth-order valence-corrected chi connectivity index (χ4v) is 3.18. The number of rotatable bonds is 5. The van der Waals surface area contributed by atoms with Crippen LogP contribution in [0, 0.1) is 5.92 Å². The van der Waals surface area contributed by atoms with Crippen LogP contribution in [0.25, 0.3) is 0 Å². The normalized spacial score (nSPS) is 16.2. The van der Waals surface area contributed by atoms with Gasteiger partial charge in [-0.1, -0.05) is 43.0 Å². The smallest absolute Gasteiger partial charge is 0.309 e. The number of benzene rings is 1. The number of nitrogens with zero attached hydrogens (tertiary/aromatic N) is 2. The van der Waals surface area contributed by atoms with Crippen molar-refractivity contribution in [3.63, 3.8) is 0 Å². The third-order valence-electron chi connectivity index (χ3n) is 4.37. The first-order valence-electron chi connectivity index (χ1n) is 8.14. The highest BCUT2D eigenvalue weighted by atomic mass is 35.5. The number of imidazole rings is 1. The van der Waals surface area contributed by atoms with Crippen molar-refractivity contribution in [1.82, 2.24) is 9.55 Å². The molecule has 1 fully saturated rings. The molecule has 4 nitrogen and oxygen atoms in total. The van der Waals surface area contributed by atoms with Crippen LogP contribution in [0.4, 0.5) is 0 Å². The van der Waals surface area contributed by atoms with E-state index in [4.69, 9.17) is 16.3 Å². The van der Waals surface area contributed by atoms with E-state index in [1.54, 1.807) is 12.5 Å². The van der Waals surface area contributed by atoms with Crippen molar-refractivity contribution in [1.29, 1.82) is 0 Å². The van der Waals surface area contributed by atoms with Crippen molar-refractivity contribution in [2.24, 2.45) is 5.92 Å². The maximum atomic E-state index is 12.5. The highest BCUT2D eigenvalue weighted by Gasteiger charge is 2.26. The summed E-state index contributed by atoms with van der Waals surface area (Å²) in [6.07, 6.45) is 10.3. The molecule has 1 unspecified atom stereocenters. The van der Waals surface area contributed by atoms with Gasteiger partial charge in [0.25, 0.3) is 0 Å². The highest BCUT2D eigenvalue weighted by molar-refractivity contribution is 6.30. The van der Waals surface area contributed by atoms with Gasteiger partial charge in [-0.15, -0.1) is 12.4 Å². The second-order valence-electron chi connectivity index (χ2n) is 6.07. The minimum Gasteiger partial charge on any atom is -0.455 e. The molecule has 0 bridgehead atoms. The molecule has 24 heavy (non-hydrogen) atoms. The summed E-state index contributed by atoms with van der Waals surface area (Å²) >= 11 is 5.96. The molecule has 1 aromatic carbocycles. The van der Waals surface area contributed by atoms with Gasteiger partial charge in [0.1, 0.15) is 6.10 Å². The van der Waals surface area contributed by atoms with Crippen LogP contribution in [0.1, 0.15) is 43.8 Å². The maximum Gasteiger partial charge on any atom is 0.309 e. The Hall–Kier alpha value is -1.52. The monoisotopic (exact) mass is 368 g/mol. The number of carbonyl (C=O) groups is 1. The van der Waals surface area contributed by atoms with Crippen LogP contribution in [0.15, 0.2) is 43.0 Å². The molecule has 1 aliphatic carbocycles. The summed E-state index contributed by atoms with van der Waals surface area (Å²) in [4.78, 5) is 16.6. The zero-order chi connectivity index (χ0) is 16.1. The molecule has 0 spiro atoms. The van der Waals surface area contributed by atoms with E-state index in [1.807, 2.05) is 35.0 Å². The molecule has 1 atom stereocenters. The molecule has 130 valence electrons. The van der Waals surface area contributed by atoms with Gasteiger partial charge in [0.15, 0.2) is 0 Å². The Morgan fingerprint density at radius 3 is 2.58 bits per heavy atom. The van der Waals surface area contributed by atoms with Gasteiger partial charge in [0, 0.05) is 17.4 Å². The average Bonchev–Trinajstić information content (AvgIpc) is 3.09. The third-order valence-corrected chi connectivity index (χ3v) is 4.63. The second kappa shape index (κ2) is 9.09. The van der Waals surface area contributed by atoms with Gasteiger partial charge in [-0.3, -0.25) is 4.79 Å². The number of esters is 1. The van der Waals surface area contributed by atoms with Crippen LogP contribution >= 0.6 is 24.0 Å². The fraction of sp³-hybridized carbons (Fsp3) is 0.444. The molecule has 0 N–H and O–H groups in total. The molecule has 3 rings (SSSR count). The number of halogens is 2. The van der Waals surface area contributed by atoms with E-state index < -0.39 is 0 Å². The number of carbonyl (C=O) groups excluding carboxylic acids is 1. The highest BCUT2D eigenvalue weighted by Crippen LogP contribution is 2.28. The maximum absolute atomic E-state index is 12.5. The fourth-order valence-electron chi connectivity index (χ4n) is 3.05. The molecule has 6 heteroatoms. The molecule has 0 aliphatic heterocycles. The number of hydrogen-bond donors (Lipinski definition) is 0. The van der Waals surface area contributed by atoms with E-state index in [9.17, 15) is 4.79 Å². The summed E-state index contributed by atoms with van der Waals surface area (Å²) in [5, 5.41) is 0.675. The molecule has 1 aromatic heterocycles. The van der Waals surface area contributed by atoms with E-state index in [1.165, 1.54) is 6.42 Å². The molecule has 0 amide bonds. The van der Waals surface area contributed by atoms with Gasteiger partial charge in [0.05, 0.1) is 18.8 Å². The number of ether oxygens (including phenoxy) is 1. The van der Waals surface area contributed by atoms with E-state index in [0.29, 0.717) is 11.6 Å². The summed E-state index contributed by atoms with van der Waals surface area (Å²) in [5.74, 6) is -0.0360. The lowest BCUT2D eigenvalue weighted by molar-refractivity contribution is -0.156. The van der Waals surface area contributed by atoms with Gasteiger partial charge >= 0.3 is 5.97 Å². The van der Waals surface area contributed by atoms with Crippen LogP contribution in [0.3, 0.4) is 0 Å². The lowest BCUT2D eigenvalue weighted by atomic mass is 9.89. The first-order valence-corrected chi connectivity index (χ1v) is 8.52. The predicted molar refractivity (Wildman–Crippen MR) is 96.3 cm³/mol. The molecular weight excluding hydrogens is 347 g/mol. The lowest BCUT2D eigenvalue weighted by Gasteiger charge is -2.24. The van der Waals surface area contributed by atoms with Gasteiger partial charge in [0.2, 0.25) is 0 Å². The standard InChI is InChI=1S/C18H21ClN2O2.ClH/c19-16-8-6-14(7-9-16)17(12-21-11-10-20-13-21)23-18(22)15-4-2-1-3-5-15;/h6-11,13,15,17H,1-5,12H2;1H.